The standard InChI is InChI=1S/C23H18BrNO/c1-26-18-12-14-21(24)22(15-18)25-23-19-10-6-5-9-17(19)11-13-20(23)16-7-3-2-4-8-16/h2-15,25H,1H3. The fourth-order valence-corrected chi connectivity index (χ4v) is 3.47. The maximum Gasteiger partial charge on any atom is 0.121 e. The van der Waals surface area contributed by atoms with Gasteiger partial charge in [0.25, 0.3) is 0 Å². The van der Waals surface area contributed by atoms with Crippen molar-refractivity contribution in [2.45, 2.75) is 0 Å². The van der Waals surface area contributed by atoms with E-state index in [2.05, 4.69) is 81.9 Å². The fourth-order valence-electron chi connectivity index (χ4n) is 3.13. The Labute approximate surface area is 161 Å². The molecule has 0 aromatic heterocycles. The van der Waals surface area contributed by atoms with Gasteiger partial charge in [-0.05, 0) is 39.0 Å². The van der Waals surface area contributed by atoms with E-state index in [0.29, 0.717) is 0 Å². The number of ether oxygens (including phenoxy) is 1. The third-order valence-electron chi connectivity index (χ3n) is 4.45. The summed E-state index contributed by atoms with van der Waals surface area (Å²) in [5.74, 6) is 0.817. The molecule has 0 spiro atoms. The third-order valence-corrected chi connectivity index (χ3v) is 5.14. The van der Waals surface area contributed by atoms with E-state index in [0.717, 1.165) is 21.6 Å². The zero-order valence-electron chi connectivity index (χ0n) is 14.4. The van der Waals surface area contributed by atoms with Crippen molar-refractivity contribution < 1.29 is 4.74 Å². The molecule has 1 N–H and O–H groups in total. The molecule has 0 saturated heterocycles. The summed E-state index contributed by atoms with van der Waals surface area (Å²) in [6.07, 6.45) is 0. The molecule has 0 radical (unpaired) electrons. The third kappa shape index (κ3) is 3.18. The number of hydrogen-bond acceptors (Lipinski definition) is 2. The maximum atomic E-state index is 5.39. The van der Waals surface area contributed by atoms with Gasteiger partial charge in [0.15, 0.2) is 0 Å². The molecule has 128 valence electrons. The average Bonchev–Trinajstić information content (AvgIpc) is 2.70. The Morgan fingerprint density at radius 2 is 1.58 bits per heavy atom. The van der Waals surface area contributed by atoms with Crippen LogP contribution < -0.4 is 10.1 Å². The minimum absolute atomic E-state index is 0.817. The molecule has 0 bridgehead atoms. The monoisotopic (exact) mass is 403 g/mol. The molecular formula is C23H18BrNO. The zero-order chi connectivity index (χ0) is 17.9. The highest BCUT2D eigenvalue weighted by Gasteiger charge is 2.12. The minimum Gasteiger partial charge on any atom is -0.497 e. The topological polar surface area (TPSA) is 21.3 Å². The minimum atomic E-state index is 0.817. The van der Waals surface area contributed by atoms with Crippen molar-refractivity contribution in [1.29, 1.82) is 0 Å². The van der Waals surface area contributed by atoms with Crippen LogP contribution in [0, 0.1) is 0 Å². The van der Waals surface area contributed by atoms with Gasteiger partial charge in [0.05, 0.1) is 18.5 Å². The van der Waals surface area contributed by atoms with Gasteiger partial charge in [-0.2, -0.15) is 0 Å². The van der Waals surface area contributed by atoms with E-state index in [4.69, 9.17) is 4.74 Å². The predicted molar refractivity (Wildman–Crippen MR) is 113 cm³/mol. The highest BCUT2D eigenvalue weighted by molar-refractivity contribution is 9.10. The van der Waals surface area contributed by atoms with Crippen LogP contribution >= 0.6 is 15.9 Å². The first-order valence-electron chi connectivity index (χ1n) is 8.44. The van der Waals surface area contributed by atoms with Crippen molar-refractivity contribution in [1.82, 2.24) is 0 Å². The normalized spacial score (nSPS) is 10.7. The van der Waals surface area contributed by atoms with Crippen LogP contribution in [0.2, 0.25) is 0 Å². The molecule has 0 atom stereocenters. The molecule has 0 amide bonds. The Morgan fingerprint density at radius 1 is 0.808 bits per heavy atom. The van der Waals surface area contributed by atoms with Crippen LogP contribution in [0.25, 0.3) is 21.9 Å². The second-order valence-electron chi connectivity index (χ2n) is 6.05. The summed E-state index contributed by atoms with van der Waals surface area (Å²) in [6.45, 7) is 0. The Balaban J connectivity index is 1.92. The van der Waals surface area contributed by atoms with Crippen LogP contribution in [0.4, 0.5) is 11.4 Å². The number of fused-ring (bicyclic) bond motifs is 1. The van der Waals surface area contributed by atoms with Crippen LogP contribution in [0.5, 0.6) is 5.75 Å². The number of hydrogen-bond donors (Lipinski definition) is 1. The van der Waals surface area contributed by atoms with Gasteiger partial charge >= 0.3 is 0 Å². The van der Waals surface area contributed by atoms with Gasteiger partial charge in [0.2, 0.25) is 0 Å². The summed E-state index contributed by atoms with van der Waals surface area (Å²) in [5.41, 5.74) is 4.40. The van der Waals surface area contributed by atoms with E-state index in [1.54, 1.807) is 7.11 Å². The van der Waals surface area contributed by atoms with Crippen LogP contribution in [0.3, 0.4) is 0 Å². The lowest BCUT2D eigenvalue weighted by Crippen LogP contribution is -1.97. The zero-order valence-corrected chi connectivity index (χ0v) is 16.0. The summed E-state index contributed by atoms with van der Waals surface area (Å²) in [5, 5.41) is 6.02. The van der Waals surface area contributed by atoms with Gasteiger partial charge in [-0.15, -0.1) is 0 Å². The van der Waals surface area contributed by atoms with Crippen LogP contribution in [-0.4, -0.2) is 7.11 Å². The van der Waals surface area contributed by atoms with Crippen molar-refractivity contribution in [3.8, 4) is 16.9 Å². The first kappa shape index (κ1) is 16.7. The van der Waals surface area contributed by atoms with Crippen molar-refractivity contribution in [2.75, 3.05) is 12.4 Å². The van der Waals surface area contributed by atoms with E-state index in [1.807, 2.05) is 24.3 Å². The Hall–Kier alpha value is -2.78. The molecule has 0 aliphatic heterocycles. The number of anilines is 2. The first-order valence-corrected chi connectivity index (χ1v) is 9.23. The summed E-state index contributed by atoms with van der Waals surface area (Å²) in [4.78, 5) is 0. The van der Waals surface area contributed by atoms with Gasteiger partial charge in [0.1, 0.15) is 5.75 Å². The molecular weight excluding hydrogens is 386 g/mol. The Bertz CT molecular complexity index is 1060. The molecule has 0 aliphatic carbocycles. The van der Waals surface area contributed by atoms with Gasteiger partial charge in [-0.3, -0.25) is 0 Å². The largest absolute Gasteiger partial charge is 0.497 e. The molecule has 4 aromatic rings. The Morgan fingerprint density at radius 3 is 2.38 bits per heavy atom. The first-order chi connectivity index (χ1) is 12.8. The van der Waals surface area contributed by atoms with Crippen LogP contribution in [0.1, 0.15) is 0 Å². The molecule has 0 fully saturated rings. The molecule has 0 heterocycles. The number of benzene rings is 4. The fraction of sp³-hybridized carbons (Fsp3) is 0.0435. The van der Waals surface area contributed by atoms with Crippen molar-refractivity contribution >= 4 is 38.1 Å². The average molecular weight is 404 g/mol. The lowest BCUT2D eigenvalue weighted by molar-refractivity contribution is 0.415. The van der Waals surface area contributed by atoms with E-state index in [9.17, 15) is 0 Å². The van der Waals surface area contributed by atoms with Crippen LogP contribution in [0.15, 0.2) is 89.4 Å². The molecule has 4 rings (SSSR count). The van der Waals surface area contributed by atoms with Crippen LogP contribution in [-0.2, 0) is 0 Å². The highest BCUT2D eigenvalue weighted by atomic mass is 79.9. The smallest absolute Gasteiger partial charge is 0.121 e. The molecule has 4 aromatic carbocycles. The van der Waals surface area contributed by atoms with Gasteiger partial charge in [-0.25, -0.2) is 0 Å². The van der Waals surface area contributed by atoms with Gasteiger partial charge in [0, 0.05) is 21.5 Å². The number of rotatable bonds is 4. The van der Waals surface area contributed by atoms with E-state index in [-0.39, 0.29) is 0 Å². The Kier molecular flexibility index (Phi) is 4.63. The van der Waals surface area contributed by atoms with Crippen molar-refractivity contribution in [3.63, 3.8) is 0 Å². The summed E-state index contributed by atoms with van der Waals surface area (Å²) in [7, 11) is 1.68. The lowest BCUT2D eigenvalue weighted by atomic mass is 9.98. The molecule has 0 saturated carbocycles. The molecule has 0 unspecified atom stereocenters. The molecule has 2 nitrogen and oxygen atoms in total. The van der Waals surface area contributed by atoms with Gasteiger partial charge in [-0.1, -0.05) is 66.7 Å². The van der Waals surface area contributed by atoms with Crippen molar-refractivity contribution in [2.24, 2.45) is 0 Å². The summed E-state index contributed by atoms with van der Waals surface area (Å²) >= 11 is 3.64. The van der Waals surface area contributed by atoms with E-state index in [1.165, 1.54) is 21.9 Å². The lowest BCUT2D eigenvalue weighted by Gasteiger charge is -2.17. The quantitative estimate of drug-likeness (QED) is 0.395. The van der Waals surface area contributed by atoms with E-state index >= 15 is 0 Å². The molecule has 26 heavy (non-hydrogen) atoms. The SMILES string of the molecule is COc1ccc(Br)c(Nc2c(-c3ccccc3)ccc3ccccc23)c1. The predicted octanol–water partition coefficient (Wildman–Crippen LogP) is 7.02. The number of halogens is 1. The number of methoxy groups -OCH3 is 1. The second-order valence-corrected chi connectivity index (χ2v) is 6.90. The second kappa shape index (κ2) is 7.22. The highest BCUT2D eigenvalue weighted by Crippen LogP contribution is 2.39. The van der Waals surface area contributed by atoms with Gasteiger partial charge < -0.3 is 10.1 Å². The summed E-state index contributed by atoms with van der Waals surface area (Å²) in [6, 6.07) is 29.1. The molecule has 0 aliphatic rings. The summed E-state index contributed by atoms with van der Waals surface area (Å²) < 4.78 is 6.38. The van der Waals surface area contributed by atoms with Crippen molar-refractivity contribution in [3.05, 3.63) is 89.4 Å². The number of nitrogens with one attached hydrogen (secondary N) is 1. The molecule has 3 heteroatoms. The van der Waals surface area contributed by atoms with E-state index < -0.39 is 0 Å². The maximum absolute atomic E-state index is 5.39.